The van der Waals surface area contributed by atoms with Crippen LogP contribution >= 0.6 is 23.4 Å². The molecule has 2 aromatic carbocycles. The molecule has 0 unspecified atom stereocenters. The van der Waals surface area contributed by atoms with Crippen molar-refractivity contribution < 1.29 is 9.72 Å². The van der Waals surface area contributed by atoms with Crippen molar-refractivity contribution in [1.82, 2.24) is 25.0 Å². The first-order valence-electron chi connectivity index (χ1n) is 8.51. The van der Waals surface area contributed by atoms with E-state index in [0.717, 1.165) is 0 Å². The van der Waals surface area contributed by atoms with Crippen LogP contribution in [0.1, 0.15) is 0 Å². The summed E-state index contributed by atoms with van der Waals surface area (Å²) in [5.74, 6) is -0.226. The van der Waals surface area contributed by atoms with Gasteiger partial charge in [-0.25, -0.2) is 9.97 Å². The van der Waals surface area contributed by atoms with Gasteiger partial charge < -0.3 is 5.32 Å². The third kappa shape index (κ3) is 4.21. The van der Waals surface area contributed by atoms with Crippen molar-refractivity contribution >= 4 is 51.8 Å². The highest BCUT2D eigenvalue weighted by Crippen LogP contribution is 2.25. The fourth-order valence-corrected chi connectivity index (χ4v) is 3.53. The molecular formula is C18H12ClN7O3S. The molecular weight excluding hydrogens is 430 g/mol. The maximum Gasteiger partial charge on any atom is 0.269 e. The molecule has 0 fully saturated rings. The smallest absolute Gasteiger partial charge is 0.269 e. The van der Waals surface area contributed by atoms with Crippen LogP contribution in [0, 0.1) is 10.1 Å². The first-order chi connectivity index (χ1) is 14.5. The van der Waals surface area contributed by atoms with Gasteiger partial charge in [-0.1, -0.05) is 34.6 Å². The first kappa shape index (κ1) is 19.7. The number of hydrogen-bond donors (Lipinski definition) is 1. The van der Waals surface area contributed by atoms with Gasteiger partial charge in [0.05, 0.1) is 16.4 Å². The summed E-state index contributed by atoms with van der Waals surface area (Å²) in [4.78, 5) is 30.9. The number of rotatable bonds is 6. The number of halogens is 1. The molecule has 0 saturated heterocycles. The van der Waals surface area contributed by atoms with E-state index in [9.17, 15) is 14.9 Å². The normalized spacial score (nSPS) is 10.8. The molecule has 0 aliphatic rings. The van der Waals surface area contributed by atoms with Crippen LogP contribution in [0.15, 0.2) is 59.9 Å². The molecule has 0 spiro atoms. The molecule has 0 aliphatic heterocycles. The quantitative estimate of drug-likeness (QED) is 0.208. The lowest BCUT2D eigenvalue weighted by molar-refractivity contribution is -0.384. The van der Waals surface area contributed by atoms with Crippen LogP contribution in [-0.4, -0.2) is 41.5 Å². The zero-order valence-electron chi connectivity index (χ0n) is 15.1. The van der Waals surface area contributed by atoms with E-state index in [1.807, 2.05) is 6.07 Å². The third-order valence-corrected chi connectivity index (χ3v) is 5.17. The number of benzene rings is 2. The van der Waals surface area contributed by atoms with Gasteiger partial charge in [0.2, 0.25) is 5.91 Å². The van der Waals surface area contributed by atoms with Crippen LogP contribution in [0.5, 0.6) is 0 Å². The zero-order chi connectivity index (χ0) is 21.1. The molecule has 0 aliphatic carbocycles. The average molecular weight is 442 g/mol. The molecule has 2 heterocycles. The van der Waals surface area contributed by atoms with E-state index in [4.69, 9.17) is 11.6 Å². The van der Waals surface area contributed by atoms with Crippen molar-refractivity contribution in [2.45, 2.75) is 5.03 Å². The predicted octanol–water partition coefficient (Wildman–Crippen LogP) is 3.50. The summed E-state index contributed by atoms with van der Waals surface area (Å²) in [6.07, 6.45) is 1.38. The van der Waals surface area contributed by atoms with E-state index in [2.05, 4.69) is 25.6 Å². The second-order valence-electron chi connectivity index (χ2n) is 5.97. The molecule has 10 nitrogen and oxygen atoms in total. The molecule has 0 bridgehead atoms. The molecule has 1 N–H and O–H groups in total. The number of non-ortho nitro benzene ring substituents is 1. The molecule has 4 rings (SSSR count). The van der Waals surface area contributed by atoms with Crippen LogP contribution < -0.4 is 5.32 Å². The number of hydrogen-bond acceptors (Lipinski definition) is 8. The summed E-state index contributed by atoms with van der Waals surface area (Å²) in [5, 5.41) is 22.7. The van der Waals surface area contributed by atoms with Gasteiger partial charge in [-0.3, -0.25) is 14.9 Å². The molecule has 1 amide bonds. The summed E-state index contributed by atoms with van der Waals surface area (Å²) in [6.45, 7) is 0. The van der Waals surface area contributed by atoms with Gasteiger partial charge in [-0.2, -0.15) is 4.68 Å². The Morgan fingerprint density at radius 3 is 2.73 bits per heavy atom. The fraction of sp³-hybridized carbons (Fsp3) is 0.0556. The summed E-state index contributed by atoms with van der Waals surface area (Å²) in [7, 11) is 0. The van der Waals surface area contributed by atoms with Crippen molar-refractivity contribution in [2.75, 3.05) is 11.1 Å². The minimum absolute atomic E-state index is 0.0476. The summed E-state index contributed by atoms with van der Waals surface area (Å²) < 4.78 is 1.55. The number of nitrogens with zero attached hydrogens (tertiary/aromatic N) is 6. The monoisotopic (exact) mass is 441 g/mol. The molecule has 12 heteroatoms. The van der Waals surface area contributed by atoms with Crippen molar-refractivity contribution in [3.8, 4) is 5.69 Å². The number of thioether (sulfide) groups is 1. The van der Waals surface area contributed by atoms with Crippen molar-refractivity contribution in [2.24, 2.45) is 0 Å². The van der Waals surface area contributed by atoms with Gasteiger partial charge in [0, 0.05) is 22.8 Å². The highest BCUT2D eigenvalue weighted by molar-refractivity contribution is 8.00. The molecule has 150 valence electrons. The van der Waals surface area contributed by atoms with E-state index >= 15 is 0 Å². The number of nitro groups is 1. The topological polar surface area (TPSA) is 129 Å². The highest BCUT2D eigenvalue weighted by atomic mass is 35.5. The largest absolute Gasteiger partial charge is 0.325 e. The molecule has 2 aromatic heterocycles. The zero-order valence-corrected chi connectivity index (χ0v) is 16.7. The number of anilines is 1. The van der Waals surface area contributed by atoms with Gasteiger partial charge in [-0.15, -0.1) is 5.10 Å². The molecule has 4 aromatic rings. The van der Waals surface area contributed by atoms with Gasteiger partial charge in [0.15, 0.2) is 11.2 Å². The van der Waals surface area contributed by atoms with E-state index in [1.54, 1.807) is 22.9 Å². The Hall–Kier alpha value is -3.57. The van der Waals surface area contributed by atoms with E-state index < -0.39 is 4.92 Å². The Morgan fingerprint density at radius 2 is 2.00 bits per heavy atom. The number of nitro benzene ring substituents is 1. The van der Waals surface area contributed by atoms with Crippen LogP contribution in [0.25, 0.3) is 16.9 Å². The first-order valence-corrected chi connectivity index (χ1v) is 9.87. The number of amides is 1. The Labute approximate surface area is 178 Å². The van der Waals surface area contributed by atoms with Crippen molar-refractivity contribution in [3.05, 3.63) is 70.0 Å². The van der Waals surface area contributed by atoms with E-state index in [-0.39, 0.29) is 17.3 Å². The molecule has 30 heavy (non-hydrogen) atoms. The molecule has 0 saturated carbocycles. The Kier molecular flexibility index (Phi) is 5.55. The molecule has 0 radical (unpaired) electrons. The van der Waals surface area contributed by atoms with E-state index in [0.29, 0.717) is 32.6 Å². The second-order valence-corrected chi connectivity index (χ2v) is 7.37. The lowest BCUT2D eigenvalue weighted by atomic mass is 10.3. The standard InChI is InChI=1S/C18H12ClN7O3S/c19-11-2-1-3-14(8-11)25-17-16(23-24-25)18(21-10-20-17)30-9-15(27)22-12-4-6-13(7-5-12)26(28)29/h1-8,10H,9H2,(H,22,27). The third-order valence-electron chi connectivity index (χ3n) is 3.96. The number of nitrogens with one attached hydrogen (secondary N) is 1. The maximum atomic E-state index is 12.2. The van der Waals surface area contributed by atoms with Crippen molar-refractivity contribution in [3.63, 3.8) is 0 Å². The lowest BCUT2D eigenvalue weighted by Crippen LogP contribution is -2.14. The summed E-state index contributed by atoms with van der Waals surface area (Å²) in [5.41, 5.74) is 2.08. The van der Waals surface area contributed by atoms with Crippen LogP contribution in [0.4, 0.5) is 11.4 Å². The minimum Gasteiger partial charge on any atom is -0.325 e. The van der Waals surface area contributed by atoms with Crippen LogP contribution in [-0.2, 0) is 4.79 Å². The van der Waals surface area contributed by atoms with Crippen LogP contribution in [0.3, 0.4) is 0 Å². The van der Waals surface area contributed by atoms with Crippen molar-refractivity contribution in [1.29, 1.82) is 0 Å². The van der Waals surface area contributed by atoms with Gasteiger partial charge in [-0.05, 0) is 30.3 Å². The Bertz CT molecular complexity index is 1250. The predicted molar refractivity (Wildman–Crippen MR) is 112 cm³/mol. The summed E-state index contributed by atoms with van der Waals surface area (Å²) in [6, 6.07) is 12.7. The minimum atomic E-state index is -0.502. The SMILES string of the molecule is O=C(CSc1ncnc2c1nnn2-c1cccc(Cl)c1)Nc1ccc([N+](=O)[O-])cc1. The highest BCUT2D eigenvalue weighted by Gasteiger charge is 2.15. The fourth-order valence-electron chi connectivity index (χ4n) is 2.61. The van der Waals surface area contributed by atoms with Crippen LogP contribution in [0.2, 0.25) is 5.02 Å². The number of carbonyl (C=O) groups excluding carboxylic acids is 1. The maximum absolute atomic E-state index is 12.2. The van der Waals surface area contributed by atoms with Gasteiger partial charge >= 0.3 is 0 Å². The molecule has 0 atom stereocenters. The van der Waals surface area contributed by atoms with Gasteiger partial charge in [0.1, 0.15) is 11.4 Å². The second kappa shape index (κ2) is 8.43. The van der Waals surface area contributed by atoms with Gasteiger partial charge in [0.25, 0.3) is 5.69 Å². The lowest BCUT2D eigenvalue weighted by Gasteiger charge is -2.05. The number of aromatic nitrogens is 5. The Balaban J connectivity index is 1.48. The van der Waals surface area contributed by atoms with E-state index in [1.165, 1.54) is 42.4 Å². The number of fused-ring (bicyclic) bond motifs is 1. The Morgan fingerprint density at radius 1 is 1.20 bits per heavy atom. The average Bonchev–Trinajstić information content (AvgIpc) is 3.17. The summed E-state index contributed by atoms with van der Waals surface area (Å²) >= 11 is 7.23. The number of carbonyl (C=O) groups is 1.